The fourth-order valence-corrected chi connectivity index (χ4v) is 7.92. The highest BCUT2D eigenvalue weighted by Gasteiger charge is 2.32. The summed E-state index contributed by atoms with van der Waals surface area (Å²) in [5.74, 6) is 0.655. The van der Waals surface area contributed by atoms with E-state index in [1.165, 1.54) is 0 Å². The third-order valence-electron chi connectivity index (χ3n) is 7.52. The number of hydrogen-bond donors (Lipinski definition) is 2. The number of hydrogen-bond acceptors (Lipinski definition) is 6. The number of aromatic nitrogens is 1. The second kappa shape index (κ2) is 13.1. The first kappa shape index (κ1) is 31.6. The molecule has 2 N–H and O–H groups in total. The van der Waals surface area contributed by atoms with Crippen LogP contribution in [0.5, 0.6) is 5.75 Å². The molecule has 228 valence electrons. The van der Waals surface area contributed by atoms with Gasteiger partial charge in [-0.3, -0.25) is 9.11 Å². The molecule has 1 aliphatic rings. The van der Waals surface area contributed by atoms with Gasteiger partial charge < -0.3 is 4.74 Å². The molecule has 0 aliphatic carbocycles. The lowest BCUT2D eigenvalue weighted by Gasteiger charge is -2.13. The Balaban J connectivity index is 1.52. The summed E-state index contributed by atoms with van der Waals surface area (Å²) in [5.41, 5.74) is 2.95. The average molecular weight is 663 g/mol. The Morgan fingerprint density at radius 1 is 1.00 bits per heavy atom. The first-order valence-corrected chi connectivity index (χ1v) is 18.5. The van der Waals surface area contributed by atoms with E-state index in [1.54, 1.807) is 11.3 Å². The van der Waals surface area contributed by atoms with Crippen molar-refractivity contribution in [2.24, 2.45) is 0 Å². The smallest absolute Gasteiger partial charge is 0.264 e. The maximum Gasteiger partial charge on any atom is 0.264 e. The number of nitrogens with zero attached hydrogens (tertiary/aromatic N) is 1. The van der Waals surface area contributed by atoms with Gasteiger partial charge in [0.1, 0.15) is 16.2 Å². The lowest BCUT2D eigenvalue weighted by Crippen LogP contribution is -2.35. The van der Waals surface area contributed by atoms with Crippen molar-refractivity contribution in [3.63, 3.8) is 0 Å². The van der Waals surface area contributed by atoms with Crippen LogP contribution in [-0.2, 0) is 26.8 Å². The van der Waals surface area contributed by atoms with Crippen molar-refractivity contribution in [1.29, 1.82) is 0 Å². The fourth-order valence-electron chi connectivity index (χ4n) is 5.50. The van der Waals surface area contributed by atoms with Crippen molar-refractivity contribution in [1.82, 2.24) is 0 Å². The Morgan fingerprint density at radius 2 is 1.74 bits per heavy atom. The minimum atomic E-state index is -4.09. The van der Waals surface area contributed by atoms with E-state index in [4.69, 9.17) is 20.9 Å². The minimum absolute atomic E-state index is 0.188. The Bertz CT molecular complexity index is 1950. The zero-order valence-electron chi connectivity index (χ0n) is 23.6. The second-order valence-electron chi connectivity index (χ2n) is 10.6. The molecule has 1 unspecified atom stereocenters. The first-order valence-electron chi connectivity index (χ1n) is 14.1. The number of rotatable bonds is 12. The van der Waals surface area contributed by atoms with Crippen molar-refractivity contribution in [2.75, 3.05) is 11.5 Å². The van der Waals surface area contributed by atoms with E-state index >= 15 is 0 Å². The molecule has 0 saturated heterocycles. The summed E-state index contributed by atoms with van der Waals surface area (Å²) in [6.07, 6.45) is 6.44. The van der Waals surface area contributed by atoms with Crippen LogP contribution in [0.25, 0.3) is 27.1 Å². The molecule has 0 amide bonds. The molecule has 1 aliphatic heterocycles. The van der Waals surface area contributed by atoms with E-state index in [9.17, 15) is 21.4 Å². The lowest BCUT2D eigenvalue weighted by molar-refractivity contribution is -0.669. The fraction of sp³-hybridized carbons (Fsp3) is 0.323. The van der Waals surface area contributed by atoms with E-state index < -0.39 is 20.2 Å². The average Bonchev–Trinajstić information content (AvgIpc) is 3.46. The van der Waals surface area contributed by atoms with E-state index in [1.807, 2.05) is 67.6 Å². The lowest BCUT2D eigenvalue weighted by atomic mass is 9.89. The van der Waals surface area contributed by atoms with Crippen molar-refractivity contribution in [3.05, 3.63) is 87.6 Å². The molecule has 43 heavy (non-hydrogen) atoms. The van der Waals surface area contributed by atoms with Crippen LogP contribution >= 0.6 is 22.9 Å². The molecular formula is C31H33ClNO7S3+. The van der Waals surface area contributed by atoms with Crippen molar-refractivity contribution in [2.45, 2.75) is 51.5 Å². The molecule has 1 aromatic heterocycles. The van der Waals surface area contributed by atoms with Crippen molar-refractivity contribution >= 4 is 70.2 Å². The maximum atomic E-state index is 11.5. The third kappa shape index (κ3) is 7.84. The molecule has 0 bridgehead atoms. The predicted molar refractivity (Wildman–Crippen MR) is 172 cm³/mol. The molecule has 0 spiro atoms. The summed E-state index contributed by atoms with van der Waals surface area (Å²) in [6.45, 7) is 2.59. The van der Waals surface area contributed by atoms with Gasteiger partial charge in [-0.1, -0.05) is 60.2 Å². The molecule has 8 nitrogen and oxygen atoms in total. The van der Waals surface area contributed by atoms with Crippen LogP contribution in [0.3, 0.4) is 0 Å². The molecule has 2 heterocycles. The monoisotopic (exact) mass is 662 g/mol. The van der Waals surface area contributed by atoms with Crippen LogP contribution in [0, 0.1) is 0 Å². The van der Waals surface area contributed by atoms with Crippen LogP contribution in [0.4, 0.5) is 0 Å². The normalized spacial score (nSPS) is 16.7. The predicted octanol–water partition coefficient (Wildman–Crippen LogP) is 7.18. The van der Waals surface area contributed by atoms with Crippen LogP contribution in [-0.4, -0.2) is 37.4 Å². The number of halogens is 1. The molecule has 3 aromatic carbocycles. The summed E-state index contributed by atoms with van der Waals surface area (Å²) >= 11 is 7.92. The number of allylic oxidation sites excluding steroid dienone is 3. The number of aryl methyl sites for hydroxylation is 1. The number of benzene rings is 3. The van der Waals surface area contributed by atoms with E-state index in [-0.39, 0.29) is 23.8 Å². The maximum absolute atomic E-state index is 11.5. The zero-order chi connectivity index (χ0) is 30.8. The number of unbranched alkanes of at least 4 members (excludes halogenated alkanes) is 1. The molecule has 4 aromatic rings. The van der Waals surface area contributed by atoms with Gasteiger partial charge in [0.2, 0.25) is 5.52 Å². The van der Waals surface area contributed by atoms with Gasteiger partial charge in [-0.05, 0) is 66.3 Å². The Kier molecular flexibility index (Phi) is 9.60. The summed E-state index contributed by atoms with van der Waals surface area (Å²) in [6, 6.07) is 17.7. The largest absolute Gasteiger partial charge is 0.461 e. The van der Waals surface area contributed by atoms with Gasteiger partial charge in [0.25, 0.3) is 25.2 Å². The van der Waals surface area contributed by atoms with Gasteiger partial charge in [0.05, 0.1) is 11.5 Å². The molecule has 1 atom stereocenters. The highest BCUT2D eigenvalue weighted by atomic mass is 35.5. The van der Waals surface area contributed by atoms with Crippen LogP contribution in [0.2, 0.25) is 5.02 Å². The van der Waals surface area contributed by atoms with Gasteiger partial charge in [0, 0.05) is 35.1 Å². The third-order valence-corrected chi connectivity index (χ3v) is 10.5. The van der Waals surface area contributed by atoms with Gasteiger partial charge in [0.15, 0.2) is 6.54 Å². The van der Waals surface area contributed by atoms with Crippen LogP contribution in [0.1, 0.15) is 55.5 Å². The topological polar surface area (TPSA) is 122 Å². The highest BCUT2D eigenvalue weighted by Crippen LogP contribution is 2.47. The zero-order valence-corrected chi connectivity index (χ0v) is 26.8. The van der Waals surface area contributed by atoms with Gasteiger partial charge in [-0.2, -0.15) is 21.4 Å². The summed E-state index contributed by atoms with van der Waals surface area (Å²) < 4.78 is 73.5. The quantitative estimate of drug-likeness (QED) is 0.0936. The standard InChI is InChI=1S/C31H32ClNO7S3/c1-2-21(19-30-33(15-5-6-16-42(34,35)36)26-20-23(32)12-14-29(26)41-30)18-28-25(10-7-17-43(37,38)39)31-24-9-4-3-8-22(24)11-13-27(31)40-28/h3-4,8-9,11-14,18-20,25H,2,5-7,10,15-17H2,1H3,(H-,34,35,36,37,38,39)/p+1. The van der Waals surface area contributed by atoms with E-state index in [2.05, 4.69) is 10.6 Å². The van der Waals surface area contributed by atoms with E-state index in [0.29, 0.717) is 37.3 Å². The second-order valence-corrected chi connectivity index (χ2v) is 15.2. The molecule has 0 saturated carbocycles. The number of fused-ring (bicyclic) bond motifs is 4. The molecule has 12 heteroatoms. The molecule has 0 fully saturated rings. The summed E-state index contributed by atoms with van der Waals surface area (Å²) in [4.78, 5) is 0. The SMILES string of the molecule is CCC(=Cc1sc2ccc(Cl)cc2[n+]1CCCCS(=O)(=O)O)C=C1Oc2ccc3ccccc3c2C1CCCS(=O)(=O)O. The van der Waals surface area contributed by atoms with Crippen LogP contribution < -0.4 is 9.30 Å². The van der Waals surface area contributed by atoms with E-state index in [0.717, 1.165) is 48.6 Å². The Labute approximate surface area is 260 Å². The first-order chi connectivity index (χ1) is 20.4. The van der Waals surface area contributed by atoms with Crippen molar-refractivity contribution in [3.8, 4) is 5.75 Å². The highest BCUT2D eigenvalue weighted by molar-refractivity contribution is 7.86. The number of thiazole rings is 1. The molecule has 5 rings (SSSR count). The van der Waals surface area contributed by atoms with Crippen LogP contribution in [0.15, 0.2) is 72.0 Å². The summed E-state index contributed by atoms with van der Waals surface area (Å²) in [7, 11) is -8.12. The molecular weight excluding hydrogens is 630 g/mol. The summed E-state index contributed by atoms with van der Waals surface area (Å²) in [5, 5.41) is 3.67. The van der Waals surface area contributed by atoms with Gasteiger partial charge in [-0.25, -0.2) is 0 Å². The van der Waals surface area contributed by atoms with Gasteiger partial charge in [-0.15, -0.1) is 0 Å². The number of ether oxygens (including phenoxy) is 1. The van der Waals surface area contributed by atoms with Gasteiger partial charge >= 0.3 is 0 Å². The molecule has 0 radical (unpaired) electrons. The Morgan fingerprint density at radius 3 is 2.49 bits per heavy atom. The minimum Gasteiger partial charge on any atom is -0.461 e. The van der Waals surface area contributed by atoms with Crippen molar-refractivity contribution < 1.29 is 35.2 Å². The Hall–Kier alpha value is -2.80.